The summed E-state index contributed by atoms with van der Waals surface area (Å²) in [4.78, 5) is 11.9. The molecule has 0 saturated carbocycles. The smallest absolute Gasteiger partial charge is 0.339 e. The highest BCUT2D eigenvalue weighted by molar-refractivity contribution is 6.33. The average Bonchev–Trinajstić information content (AvgIpc) is 2.40. The number of rotatable bonds is 3. The fourth-order valence-corrected chi connectivity index (χ4v) is 2.08. The number of carbonyl (C=O) groups excluding carboxylic acids is 1. The molecule has 0 aliphatic carbocycles. The van der Waals surface area contributed by atoms with Gasteiger partial charge in [-0.3, -0.25) is 0 Å². The van der Waals surface area contributed by atoms with Crippen molar-refractivity contribution in [2.45, 2.75) is 12.8 Å². The molecule has 0 amide bonds. The zero-order valence-electron chi connectivity index (χ0n) is 10.0. The van der Waals surface area contributed by atoms with E-state index in [0.29, 0.717) is 28.8 Å². The van der Waals surface area contributed by atoms with Crippen molar-refractivity contribution in [1.82, 2.24) is 0 Å². The second kappa shape index (κ2) is 6.07. The van der Waals surface area contributed by atoms with E-state index in [9.17, 15) is 4.79 Å². The molecule has 1 aliphatic heterocycles. The van der Waals surface area contributed by atoms with E-state index in [1.54, 1.807) is 12.1 Å². The third-order valence-corrected chi connectivity index (χ3v) is 3.33. The normalized spacial score (nSPS) is 16.5. The van der Waals surface area contributed by atoms with E-state index in [0.717, 1.165) is 26.1 Å². The maximum absolute atomic E-state index is 11.9. The summed E-state index contributed by atoms with van der Waals surface area (Å²) in [6, 6.07) is 4.79. The molecule has 0 atom stereocenters. The van der Waals surface area contributed by atoms with Crippen molar-refractivity contribution in [3.8, 4) is 0 Å². The molecule has 98 valence electrons. The second-order valence-corrected chi connectivity index (χ2v) is 4.80. The molecule has 1 aromatic rings. The van der Waals surface area contributed by atoms with Crippen LogP contribution in [0.25, 0.3) is 0 Å². The minimum atomic E-state index is -0.418. The van der Waals surface area contributed by atoms with Gasteiger partial charge in [0.1, 0.15) is 0 Å². The quantitative estimate of drug-likeness (QED) is 0.676. The largest absolute Gasteiger partial charge is 0.462 e. The van der Waals surface area contributed by atoms with Gasteiger partial charge in [-0.25, -0.2) is 4.79 Å². The van der Waals surface area contributed by atoms with Crippen LogP contribution in [0.1, 0.15) is 23.2 Å². The third kappa shape index (κ3) is 3.37. The Morgan fingerprint density at radius 3 is 2.89 bits per heavy atom. The maximum atomic E-state index is 11.9. The Bertz CT molecular complexity index is 430. The van der Waals surface area contributed by atoms with Crippen molar-refractivity contribution in [2.24, 2.45) is 5.92 Å². The summed E-state index contributed by atoms with van der Waals surface area (Å²) in [7, 11) is 0. The predicted octanol–water partition coefficient (Wildman–Crippen LogP) is 2.51. The molecule has 1 saturated heterocycles. The van der Waals surface area contributed by atoms with Crippen molar-refractivity contribution in [3.63, 3.8) is 0 Å². The van der Waals surface area contributed by atoms with Crippen LogP contribution in [0.5, 0.6) is 0 Å². The van der Waals surface area contributed by atoms with E-state index in [-0.39, 0.29) is 0 Å². The minimum Gasteiger partial charge on any atom is -0.462 e. The molecule has 18 heavy (non-hydrogen) atoms. The third-order valence-electron chi connectivity index (χ3n) is 3.00. The first-order valence-corrected chi connectivity index (χ1v) is 6.34. The van der Waals surface area contributed by atoms with Crippen LogP contribution in [0.2, 0.25) is 5.02 Å². The van der Waals surface area contributed by atoms with Gasteiger partial charge in [0.15, 0.2) is 0 Å². The summed E-state index contributed by atoms with van der Waals surface area (Å²) in [5, 5.41) is 0.362. The van der Waals surface area contributed by atoms with Crippen molar-refractivity contribution in [1.29, 1.82) is 0 Å². The zero-order valence-corrected chi connectivity index (χ0v) is 10.8. The highest BCUT2D eigenvalue weighted by Crippen LogP contribution is 2.21. The number of benzene rings is 1. The molecule has 2 N–H and O–H groups in total. The molecule has 0 spiro atoms. The SMILES string of the molecule is Nc1ccc(Cl)c(C(=O)OCC2CCOCC2)c1. The molecule has 5 heteroatoms. The Hall–Kier alpha value is -1.26. The number of hydrogen-bond donors (Lipinski definition) is 1. The molecule has 1 fully saturated rings. The van der Waals surface area contributed by atoms with Gasteiger partial charge in [0.2, 0.25) is 0 Å². The van der Waals surface area contributed by atoms with Crippen LogP contribution in [0.4, 0.5) is 5.69 Å². The first-order valence-electron chi connectivity index (χ1n) is 5.96. The Morgan fingerprint density at radius 1 is 1.44 bits per heavy atom. The summed E-state index contributed by atoms with van der Waals surface area (Å²) in [6.45, 7) is 1.88. The summed E-state index contributed by atoms with van der Waals surface area (Å²) < 4.78 is 10.5. The number of nitrogens with two attached hydrogens (primary N) is 1. The minimum absolute atomic E-state index is 0.323. The molecule has 4 nitrogen and oxygen atoms in total. The lowest BCUT2D eigenvalue weighted by Crippen LogP contribution is -2.22. The van der Waals surface area contributed by atoms with Crippen LogP contribution >= 0.6 is 11.6 Å². The number of nitrogen functional groups attached to an aromatic ring is 1. The van der Waals surface area contributed by atoms with Crippen molar-refractivity contribution < 1.29 is 14.3 Å². The van der Waals surface area contributed by atoms with Gasteiger partial charge in [-0.05, 0) is 37.0 Å². The van der Waals surface area contributed by atoms with Crippen LogP contribution in [0.3, 0.4) is 0 Å². The summed E-state index contributed by atoms with van der Waals surface area (Å²) in [5.74, 6) is -0.0404. The number of anilines is 1. The van der Waals surface area contributed by atoms with Crippen molar-refractivity contribution >= 4 is 23.3 Å². The lowest BCUT2D eigenvalue weighted by atomic mass is 10.0. The molecule has 0 radical (unpaired) electrons. The van der Waals surface area contributed by atoms with Gasteiger partial charge < -0.3 is 15.2 Å². The van der Waals surface area contributed by atoms with Gasteiger partial charge >= 0.3 is 5.97 Å². The number of esters is 1. The van der Waals surface area contributed by atoms with Gasteiger partial charge in [-0.1, -0.05) is 11.6 Å². The van der Waals surface area contributed by atoms with E-state index in [1.807, 2.05) is 0 Å². The first kappa shape index (κ1) is 13.2. The fraction of sp³-hybridized carbons (Fsp3) is 0.462. The van der Waals surface area contributed by atoms with Crippen LogP contribution in [0.15, 0.2) is 18.2 Å². The first-order chi connectivity index (χ1) is 8.66. The predicted molar refractivity (Wildman–Crippen MR) is 69.7 cm³/mol. The molecule has 0 unspecified atom stereocenters. The van der Waals surface area contributed by atoms with Gasteiger partial charge in [-0.2, -0.15) is 0 Å². The molecule has 0 aromatic heterocycles. The van der Waals surface area contributed by atoms with Gasteiger partial charge in [0.05, 0.1) is 17.2 Å². The monoisotopic (exact) mass is 269 g/mol. The highest BCUT2D eigenvalue weighted by atomic mass is 35.5. The van der Waals surface area contributed by atoms with Crippen LogP contribution < -0.4 is 5.73 Å². The Morgan fingerprint density at radius 2 is 2.17 bits per heavy atom. The van der Waals surface area contributed by atoms with E-state index < -0.39 is 5.97 Å². The number of halogens is 1. The van der Waals surface area contributed by atoms with E-state index in [4.69, 9.17) is 26.8 Å². The van der Waals surface area contributed by atoms with Crippen molar-refractivity contribution in [3.05, 3.63) is 28.8 Å². The number of ether oxygens (including phenoxy) is 2. The Kier molecular flexibility index (Phi) is 4.44. The topological polar surface area (TPSA) is 61.6 Å². The Balaban J connectivity index is 1.92. The lowest BCUT2D eigenvalue weighted by Gasteiger charge is -2.21. The van der Waals surface area contributed by atoms with Gasteiger partial charge in [0.25, 0.3) is 0 Å². The summed E-state index contributed by atoms with van der Waals surface area (Å²) in [5.41, 5.74) is 6.44. The lowest BCUT2D eigenvalue weighted by molar-refractivity contribution is 0.0186. The molecular formula is C13H16ClNO3. The molecule has 1 aliphatic rings. The molecule has 2 rings (SSSR count). The molecule has 1 aromatic carbocycles. The Labute approximate surface area is 111 Å². The van der Waals surface area contributed by atoms with E-state index >= 15 is 0 Å². The fourth-order valence-electron chi connectivity index (χ4n) is 1.88. The van der Waals surface area contributed by atoms with E-state index in [1.165, 1.54) is 6.07 Å². The van der Waals surface area contributed by atoms with Gasteiger partial charge in [-0.15, -0.1) is 0 Å². The molecule has 1 heterocycles. The summed E-state index contributed by atoms with van der Waals surface area (Å²) >= 11 is 5.94. The standard InChI is InChI=1S/C13H16ClNO3/c14-12-2-1-10(15)7-11(12)13(16)18-8-9-3-5-17-6-4-9/h1-2,7,9H,3-6,8,15H2. The highest BCUT2D eigenvalue weighted by Gasteiger charge is 2.18. The van der Waals surface area contributed by atoms with E-state index in [2.05, 4.69) is 0 Å². The van der Waals surface area contributed by atoms with Crippen LogP contribution in [0, 0.1) is 5.92 Å². The van der Waals surface area contributed by atoms with Crippen LogP contribution in [-0.2, 0) is 9.47 Å². The molecular weight excluding hydrogens is 254 g/mol. The average molecular weight is 270 g/mol. The molecule has 0 bridgehead atoms. The number of carbonyl (C=O) groups is 1. The van der Waals surface area contributed by atoms with Crippen molar-refractivity contribution in [2.75, 3.05) is 25.6 Å². The summed E-state index contributed by atoms with van der Waals surface area (Å²) in [6.07, 6.45) is 1.86. The second-order valence-electron chi connectivity index (χ2n) is 4.39. The maximum Gasteiger partial charge on any atom is 0.339 e. The van der Waals surface area contributed by atoms with Gasteiger partial charge in [0, 0.05) is 18.9 Å². The zero-order chi connectivity index (χ0) is 13.0. The number of hydrogen-bond acceptors (Lipinski definition) is 4. The van der Waals surface area contributed by atoms with Crippen LogP contribution in [-0.4, -0.2) is 25.8 Å².